The van der Waals surface area contributed by atoms with E-state index in [4.69, 9.17) is 18.9 Å². The van der Waals surface area contributed by atoms with Crippen LogP contribution in [0.5, 0.6) is 17.2 Å². The number of imidazole rings is 1. The summed E-state index contributed by atoms with van der Waals surface area (Å²) < 4.78 is 23.0. The maximum atomic E-state index is 14.1. The summed E-state index contributed by atoms with van der Waals surface area (Å²) >= 11 is 0. The number of nitrogens with zero attached hydrogens (tertiary/aromatic N) is 1. The Morgan fingerprint density at radius 1 is 0.825 bits per heavy atom. The Hall–Kier alpha value is -5.85. The number of esters is 1. The number of carbonyl (C=O) groups is 4. The van der Waals surface area contributed by atoms with E-state index < -0.39 is 35.5 Å². The van der Waals surface area contributed by atoms with Crippen LogP contribution in [0.3, 0.4) is 0 Å². The molecule has 13 heteroatoms. The summed E-state index contributed by atoms with van der Waals surface area (Å²) in [4.78, 5) is 69.9. The fourth-order valence-electron chi connectivity index (χ4n) is 6.06. The van der Waals surface area contributed by atoms with Gasteiger partial charge in [0.2, 0.25) is 5.91 Å². The van der Waals surface area contributed by atoms with E-state index in [0.29, 0.717) is 24.5 Å². The average Bonchev–Trinajstić information content (AvgIpc) is 3.56. The second-order valence-electron chi connectivity index (χ2n) is 15.4. The van der Waals surface area contributed by atoms with Gasteiger partial charge in [0.05, 0.1) is 32.6 Å². The molecule has 0 saturated heterocycles. The van der Waals surface area contributed by atoms with E-state index >= 15 is 0 Å². The van der Waals surface area contributed by atoms with Gasteiger partial charge in [0.15, 0.2) is 11.8 Å². The molecule has 4 aromatic rings. The van der Waals surface area contributed by atoms with Crippen molar-refractivity contribution in [3.63, 3.8) is 0 Å². The zero-order valence-electron chi connectivity index (χ0n) is 34.7. The number of anilines is 2. The molecular weight excluding hydrogens is 729 g/mol. The third-order valence-corrected chi connectivity index (χ3v) is 10.3. The first-order valence-electron chi connectivity index (χ1n) is 19.2. The largest absolute Gasteiger partial charge is 0.497 e. The van der Waals surface area contributed by atoms with Crippen molar-refractivity contribution in [3.8, 4) is 17.2 Å². The summed E-state index contributed by atoms with van der Waals surface area (Å²) in [5, 5.41) is 5.52. The first kappa shape index (κ1) is 43.9. The second kappa shape index (κ2) is 18.9. The molecule has 2 amide bonds. The Bertz CT molecular complexity index is 2110. The van der Waals surface area contributed by atoms with Crippen LogP contribution in [0.4, 0.5) is 11.4 Å². The standard InChI is InChI=1S/C44H56N4O9/c1-11-43(5,6)29-17-21-35(32(24-29)44(7,8)12-2)56-23-13-14-37(49)46-30-18-22-36(55-10)33(25-30)47-40(51)38(39(50)28-15-19-31(54-9)20-16-28)48-34(26-45-42(48)53)41(52)57-27(3)4/h15-22,24-27,38H,11-14,23H2,1-10H3,(H,45,53)(H,46,49)(H,47,51)/t38-/m0/s1. The third kappa shape index (κ3) is 10.7. The number of ether oxygens (including phenoxy) is 4. The molecule has 13 nitrogen and oxygen atoms in total. The van der Waals surface area contributed by atoms with Crippen molar-refractivity contribution in [1.82, 2.24) is 9.55 Å². The van der Waals surface area contributed by atoms with Gasteiger partial charge in [-0.1, -0.05) is 53.7 Å². The highest BCUT2D eigenvalue weighted by Crippen LogP contribution is 2.38. The lowest BCUT2D eigenvalue weighted by Crippen LogP contribution is -2.39. The van der Waals surface area contributed by atoms with Crippen molar-refractivity contribution < 1.29 is 38.1 Å². The number of methoxy groups -OCH3 is 2. The highest BCUT2D eigenvalue weighted by atomic mass is 16.5. The van der Waals surface area contributed by atoms with Crippen LogP contribution in [0.15, 0.2) is 71.7 Å². The Labute approximate surface area is 334 Å². The molecule has 0 fully saturated rings. The number of nitrogens with one attached hydrogen (secondary N) is 3. The van der Waals surface area contributed by atoms with Gasteiger partial charge in [-0.15, -0.1) is 0 Å². The molecule has 0 saturated carbocycles. The SMILES string of the molecule is CCC(C)(C)c1ccc(OCCCC(=O)Nc2ccc(OC)c(NC(=O)[C@H](C(=O)c3ccc(OC)cc3)n3c(C(=O)OC(C)C)c[nH]c3=O)c2)c(C(C)(C)CC)c1. The molecule has 0 radical (unpaired) electrons. The molecule has 0 bridgehead atoms. The summed E-state index contributed by atoms with van der Waals surface area (Å²) in [6.07, 6.45) is 3.09. The van der Waals surface area contributed by atoms with Gasteiger partial charge < -0.3 is 34.6 Å². The second-order valence-corrected chi connectivity index (χ2v) is 15.4. The molecule has 4 rings (SSSR count). The quantitative estimate of drug-likeness (QED) is 0.0370. The minimum atomic E-state index is -1.85. The maximum Gasteiger partial charge on any atom is 0.356 e. The molecule has 0 unspecified atom stereocenters. The molecule has 1 atom stereocenters. The molecule has 3 aromatic carbocycles. The van der Waals surface area contributed by atoms with Gasteiger partial charge in [0, 0.05) is 29.4 Å². The monoisotopic (exact) mass is 784 g/mol. The molecule has 1 heterocycles. The van der Waals surface area contributed by atoms with Gasteiger partial charge in [0.25, 0.3) is 5.91 Å². The highest BCUT2D eigenvalue weighted by Gasteiger charge is 2.35. The van der Waals surface area contributed by atoms with Crippen molar-refractivity contribution in [3.05, 3.63) is 99.7 Å². The fourth-order valence-corrected chi connectivity index (χ4v) is 6.06. The Morgan fingerprint density at radius 3 is 2.11 bits per heavy atom. The number of Topliss-reactive ketones (excluding diaryl/α,β-unsaturated/α-hetero) is 1. The van der Waals surface area contributed by atoms with E-state index in [1.807, 2.05) is 6.07 Å². The van der Waals surface area contributed by atoms with Gasteiger partial charge in [0.1, 0.15) is 22.9 Å². The Morgan fingerprint density at radius 2 is 1.49 bits per heavy atom. The van der Waals surface area contributed by atoms with E-state index in [-0.39, 0.29) is 45.9 Å². The van der Waals surface area contributed by atoms with E-state index in [2.05, 4.69) is 69.3 Å². The van der Waals surface area contributed by atoms with Crippen molar-refractivity contribution >= 4 is 34.9 Å². The predicted molar refractivity (Wildman–Crippen MR) is 220 cm³/mol. The fraction of sp³-hybridized carbons (Fsp3) is 0.432. The molecule has 306 valence electrons. The van der Waals surface area contributed by atoms with Crippen LogP contribution in [0.2, 0.25) is 0 Å². The summed E-state index contributed by atoms with van der Waals surface area (Å²) in [5.41, 5.74) is 1.65. The van der Waals surface area contributed by atoms with Crippen molar-refractivity contribution in [2.24, 2.45) is 0 Å². The maximum absolute atomic E-state index is 14.1. The number of hydrogen-bond acceptors (Lipinski definition) is 9. The number of amides is 2. The lowest BCUT2D eigenvalue weighted by atomic mass is 9.76. The Balaban J connectivity index is 1.53. The number of carbonyl (C=O) groups excluding carboxylic acids is 4. The molecule has 1 aromatic heterocycles. The zero-order valence-corrected chi connectivity index (χ0v) is 34.7. The van der Waals surface area contributed by atoms with Gasteiger partial charge in [-0.25, -0.2) is 9.59 Å². The van der Waals surface area contributed by atoms with Gasteiger partial charge in [-0.05, 0) is 98.0 Å². The number of aromatic nitrogens is 2. The Kier molecular flexibility index (Phi) is 14.5. The number of rotatable bonds is 19. The van der Waals surface area contributed by atoms with Crippen LogP contribution in [0, 0.1) is 0 Å². The van der Waals surface area contributed by atoms with Crippen LogP contribution < -0.4 is 30.5 Å². The lowest BCUT2D eigenvalue weighted by Gasteiger charge is -2.30. The van der Waals surface area contributed by atoms with Gasteiger partial charge in [-0.2, -0.15) is 0 Å². The summed E-state index contributed by atoms with van der Waals surface area (Å²) in [6.45, 7) is 16.8. The van der Waals surface area contributed by atoms with Crippen LogP contribution in [0.25, 0.3) is 0 Å². The first-order chi connectivity index (χ1) is 27.0. The highest BCUT2D eigenvalue weighted by molar-refractivity contribution is 6.16. The molecule has 3 N–H and O–H groups in total. The lowest BCUT2D eigenvalue weighted by molar-refractivity contribution is -0.118. The van der Waals surface area contributed by atoms with Crippen molar-refractivity contribution in [2.45, 2.75) is 104 Å². The third-order valence-electron chi connectivity index (χ3n) is 10.3. The predicted octanol–water partition coefficient (Wildman–Crippen LogP) is 7.99. The minimum absolute atomic E-state index is 0.0318. The van der Waals surface area contributed by atoms with E-state index in [1.165, 1.54) is 50.1 Å². The molecular formula is C44H56N4O9. The van der Waals surface area contributed by atoms with Crippen LogP contribution in [-0.2, 0) is 25.2 Å². The van der Waals surface area contributed by atoms with E-state index in [9.17, 15) is 24.0 Å². The zero-order chi connectivity index (χ0) is 42.1. The number of hydrogen-bond donors (Lipinski definition) is 3. The molecule has 0 aliphatic heterocycles. The number of H-pyrrole nitrogens is 1. The minimum Gasteiger partial charge on any atom is -0.497 e. The molecule has 0 spiro atoms. The van der Waals surface area contributed by atoms with Gasteiger partial charge >= 0.3 is 11.7 Å². The van der Waals surface area contributed by atoms with Crippen LogP contribution in [0.1, 0.15) is 119 Å². The first-order valence-corrected chi connectivity index (χ1v) is 19.2. The van der Waals surface area contributed by atoms with Crippen LogP contribution in [-0.4, -0.2) is 60.0 Å². The van der Waals surface area contributed by atoms with Gasteiger partial charge in [-0.3, -0.25) is 19.0 Å². The molecule has 57 heavy (non-hydrogen) atoms. The number of aromatic amines is 1. The summed E-state index contributed by atoms with van der Waals surface area (Å²) in [5.74, 6) is -1.44. The normalized spacial score (nSPS) is 12.1. The molecule has 0 aliphatic carbocycles. The van der Waals surface area contributed by atoms with Crippen LogP contribution >= 0.6 is 0 Å². The van der Waals surface area contributed by atoms with Crippen molar-refractivity contribution in [1.29, 1.82) is 0 Å². The number of benzene rings is 3. The van der Waals surface area contributed by atoms with E-state index in [0.717, 1.165) is 34.9 Å². The molecule has 0 aliphatic rings. The smallest absolute Gasteiger partial charge is 0.356 e. The van der Waals surface area contributed by atoms with Crippen molar-refractivity contribution in [2.75, 3.05) is 31.5 Å². The topological polar surface area (TPSA) is 167 Å². The average molecular weight is 785 g/mol. The van der Waals surface area contributed by atoms with E-state index in [1.54, 1.807) is 26.0 Å². The number of ketones is 1. The summed E-state index contributed by atoms with van der Waals surface area (Å²) in [7, 11) is 2.86. The summed E-state index contributed by atoms with van der Waals surface area (Å²) in [6, 6.07) is 15.1.